The summed E-state index contributed by atoms with van der Waals surface area (Å²) in [6.07, 6.45) is 2.74. The molecule has 31 heavy (non-hydrogen) atoms. The van der Waals surface area contributed by atoms with E-state index < -0.39 is 4.92 Å². The van der Waals surface area contributed by atoms with Gasteiger partial charge in [-0.05, 0) is 41.8 Å². The van der Waals surface area contributed by atoms with E-state index in [1.807, 2.05) is 30.3 Å². The van der Waals surface area contributed by atoms with E-state index in [9.17, 15) is 14.9 Å². The van der Waals surface area contributed by atoms with E-state index in [2.05, 4.69) is 18.0 Å². The van der Waals surface area contributed by atoms with Gasteiger partial charge in [0.25, 0.3) is 5.69 Å². The number of carbonyl (C=O) groups excluding carboxylic acids is 1. The third kappa shape index (κ3) is 4.75. The second kappa shape index (κ2) is 9.01. The van der Waals surface area contributed by atoms with Crippen molar-refractivity contribution in [3.8, 4) is 0 Å². The third-order valence-corrected chi connectivity index (χ3v) is 5.97. The fourth-order valence-corrected chi connectivity index (χ4v) is 4.26. The summed E-state index contributed by atoms with van der Waals surface area (Å²) in [6.45, 7) is 2.40. The smallest absolute Gasteiger partial charge is 0.269 e. The van der Waals surface area contributed by atoms with E-state index in [-0.39, 0.29) is 18.0 Å². The first-order chi connectivity index (χ1) is 15.0. The van der Waals surface area contributed by atoms with E-state index in [1.165, 1.54) is 29.0 Å². The quantitative estimate of drug-likeness (QED) is 0.305. The fourth-order valence-electron chi connectivity index (χ4n) is 3.21. The van der Waals surface area contributed by atoms with E-state index in [0.29, 0.717) is 17.2 Å². The van der Waals surface area contributed by atoms with Gasteiger partial charge in [-0.15, -0.1) is 0 Å². The highest BCUT2D eigenvalue weighted by Gasteiger charge is 2.21. The van der Waals surface area contributed by atoms with Gasteiger partial charge in [-0.3, -0.25) is 24.8 Å². The van der Waals surface area contributed by atoms with Gasteiger partial charge >= 0.3 is 0 Å². The molecule has 4 aromatic rings. The van der Waals surface area contributed by atoms with Gasteiger partial charge in [0.2, 0.25) is 5.91 Å². The van der Waals surface area contributed by atoms with Gasteiger partial charge in [-0.2, -0.15) is 0 Å². The maximum absolute atomic E-state index is 13.3. The predicted octanol–water partition coefficient (Wildman–Crippen LogP) is 4.94. The maximum Gasteiger partial charge on any atom is 0.269 e. The van der Waals surface area contributed by atoms with Crippen molar-refractivity contribution in [3.05, 3.63) is 93.8 Å². The number of thiazole rings is 1. The minimum atomic E-state index is -0.454. The molecule has 0 fully saturated rings. The lowest BCUT2D eigenvalue weighted by Crippen LogP contribution is -2.32. The number of anilines is 1. The van der Waals surface area contributed by atoms with Crippen LogP contribution in [-0.4, -0.2) is 20.8 Å². The molecule has 0 N–H and O–H groups in total. The Bertz CT molecular complexity index is 1220. The number of nitrogens with zero attached hydrogens (tertiary/aromatic N) is 4. The summed E-state index contributed by atoms with van der Waals surface area (Å²) in [4.78, 5) is 34.4. The monoisotopic (exact) mass is 432 g/mol. The molecule has 1 amide bonds. The number of hydrogen-bond donors (Lipinski definition) is 0. The molecule has 2 aromatic heterocycles. The zero-order valence-corrected chi connectivity index (χ0v) is 17.7. The summed E-state index contributed by atoms with van der Waals surface area (Å²) < 4.78 is 1.03. The molecule has 0 aliphatic carbocycles. The number of fused-ring (bicyclic) bond motifs is 1. The van der Waals surface area contributed by atoms with Gasteiger partial charge in [-0.25, -0.2) is 4.98 Å². The largest absolute Gasteiger partial charge is 0.282 e. The molecule has 0 radical (unpaired) electrons. The Balaban J connectivity index is 1.65. The maximum atomic E-state index is 13.3. The summed E-state index contributed by atoms with van der Waals surface area (Å²) in [5.74, 6) is -0.144. The third-order valence-electron chi connectivity index (χ3n) is 4.93. The van der Waals surface area contributed by atoms with Crippen molar-refractivity contribution in [2.45, 2.75) is 26.3 Å². The second-order valence-corrected chi connectivity index (χ2v) is 8.06. The van der Waals surface area contributed by atoms with Gasteiger partial charge in [0.1, 0.15) is 0 Å². The molecule has 0 unspecified atom stereocenters. The van der Waals surface area contributed by atoms with E-state index in [1.54, 1.807) is 23.2 Å². The molecule has 156 valence electrons. The van der Waals surface area contributed by atoms with Crippen molar-refractivity contribution < 1.29 is 9.72 Å². The number of carbonyl (C=O) groups is 1. The van der Waals surface area contributed by atoms with E-state index >= 15 is 0 Å². The molecule has 0 bridgehead atoms. The summed E-state index contributed by atoms with van der Waals surface area (Å²) >= 11 is 1.48. The molecule has 0 aliphatic rings. The molecular formula is C23H20N4O3S. The van der Waals surface area contributed by atoms with Crippen LogP contribution in [0.2, 0.25) is 0 Å². The number of aryl methyl sites for hydroxylation is 1. The van der Waals surface area contributed by atoms with E-state index in [0.717, 1.165) is 22.3 Å². The summed E-state index contributed by atoms with van der Waals surface area (Å²) in [5, 5.41) is 11.5. The summed E-state index contributed by atoms with van der Waals surface area (Å²) in [5.41, 5.74) is 3.53. The Kier molecular flexibility index (Phi) is 5.99. The van der Waals surface area contributed by atoms with Crippen LogP contribution >= 0.6 is 11.3 Å². The van der Waals surface area contributed by atoms with Crippen molar-refractivity contribution in [1.29, 1.82) is 0 Å². The molecule has 0 atom stereocenters. The molecule has 4 rings (SSSR count). The van der Waals surface area contributed by atoms with E-state index in [4.69, 9.17) is 4.98 Å². The van der Waals surface area contributed by atoms with Gasteiger partial charge in [-0.1, -0.05) is 42.5 Å². The van der Waals surface area contributed by atoms with Crippen LogP contribution in [0.1, 0.15) is 23.7 Å². The minimum Gasteiger partial charge on any atom is -0.282 e. The molecule has 0 spiro atoms. The Morgan fingerprint density at radius 2 is 1.87 bits per heavy atom. The van der Waals surface area contributed by atoms with Crippen LogP contribution in [0, 0.1) is 10.1 Å². The normalized spacial score (nSPS) is 10.9. The van der Waals surface area contributed by atoms with Crippen molar-refractivity contribution in [2.75, 3.05) is 4.90 Å². The zero-order chi connectivity index (χ0) is 21.8. The average Bonchev–Trinajstić information content (AvgIpc) is 3.21. The first kappa shape index (κ1) is 20.6. The average molecular weight is 433 g/mol. The number of nitro groups is 1. The fraction of sp³-hybridized carbons (Fsp3) is 0.174. The molecule has 2 aromatic carbocycles. The zero-order valence-electron chi connectivity index (χ0n) is 16.9. The predicted molar refractivity (Wildman–Crippen MR) is 121 cm³/mol. The number of benzene rings is 2. The lowest BCUT2D eigenvalue weighted by atomic mass is 10.1. The molecule has 8 heteroatoms. The van der Waals surface area contributed by atoms with Crippen molar-refractivity contribution in [3.63, 3.8) is 0 Å². The molecule has 7 nitrogen and oxygen atoms in total. The standard InChI is InChI=1S/C23H20N4O3S/c1-2-16-8-11-20-21(13-16)31-23(25-20)26(15-18-5-3-4-12-24-18)22(28)14-17-6-9-19(10-7-17)27(29)30/h3-13H,2,14-15H2,1H3. The Morgan fingerprint density at radius 1 is 1.10 bits per heavy atom. The highest BCUT2D eigenvalue weighted by Crippen LogP contribution is 2.31. The molecule has 0 aliphatic heterocycles. The Labute approximate surface area is 183 Å². The highest BCUT2D eigenvalue weighted by molar-refractivity contribution is 7.22. The lowest BCUT2D eigenvalue weighted by molar-refractivity contribution is -0.384. The van der Waals surface area contributed by atoms with Crippen LogP contribution in [0.15, 0.2) is 66.9 Å². The van der Waals surface area contributed by atoms with Crippen LogP contribution in [0.4, 0.5) is 10.8 Å². The first-order valence-electron chi connectivity index (χ1n) is 9.86. The summed E-state index contributed by atoms with van der Waals surface area (Å²) in [7, 11) is 0. The second-order valence-electron chi connectivity index (χ2n) is 7.05. The summed E-state index contributed by atoms with van der Waals surface area (Å²) in [6, 6.07) is 17.8. The number of non-ortho nitro benzene ring substituents is 1. The lowest BCUT2D eigenvalue weighted by Gasteiger charge is -2.19. The molecule has 2 heterocycles. The number of nitro benzene ring substituents is 1. The van der Waals surface area contributed by atoms with Crippen LogP contribution in [0.25, 0.3) is 10.2 Å². The van der Waals surface area contributed by atoms with Crippen molar-refractivity contribution in [2.24, 2.45) is 0 Å². The number of hydrogen-bond acceptors (Lipinski definition) is 6. The molecule has 0 saturated carbocycles. The van der Waals surface area contributed by atoms with Crippen LogP contribution in [0.5, 0.6) is 0 Å². The first-order valence-corrected chi connectivity index (χ1v) is 10.7. The minimum absolute atomic E-state index is 0.000517. The van der Waals surface area contributed by atoms with Gasteiger partial charge in [0.15, 0.2) is 5.13 Å². The SMILES string of the molecule is CCc1ccc2nc(N(Cc3ccccn3)C(=O)Cc3ccc([N+](=O)[O-])cc3)sc2c1. The van der Waals surface area contributed by atoms with Crippen LogP contribution in [-0.2, 0) is 24.2 Å². The Morgan fingerprint density at radius 3 is 2.55 bits per heavy atom. The topological polar surface area (TPSA) is 89.2 Å². The number of amides is 1. The number of pyridine rings is 1. The van der Waals surface area contributed by atoms with Crippen LogP contribution in [0.3, 0.4) is 0 Å². The molecular weight excluding hydrogens is 412 g/mol. The number of rotatable bonds is 7. The van der Waals surface area contributed by atoms with Crippen LogP contribution < -0.4 is 4.90 Å². The highest BCUT2D eigenvalue weighted by atomic mass is 32.1. The van der Waals surface area contributed by atoms with Crippen molar-refractivity contribution in [1.82, 2.24) is 9.97 Å². The Hall–Kier alpha value is -3.65. The van der Waals surface area contributed by atoms with Gasteiger partial charge in [0.05, 0.1) is 33.8 Å². The van der Waals surface area contributed by atoms with Gasteiger partial charge < -0.3 is 0 Å². The van der Waals surface area contributed by atoms with Crippen molar-refractivity contribution >= 4 is 38.3 Å². The molecule has 0 saturated heterocycles. The number of aromatic nitrogens is 2. The van der Waals surface area contributed by atoms with Gasteiger partial charge in [0, 0.05) is 18.3 Å².